The summed E-state index contributed by atoms with van der Waals surface area (Å²) in [6.45, 7) is 6.23. The summed E-state index contributed by atoms with van der Waals surface area (Å²) >= 11 is 0. The first-order chi connectivity index (χ1) is 9.49. The van der Waals surface area contributed by atoms with Crippen LogP contribution >= 0.6 is 0 Å². The lowest BCUT2D eigenvalue weighted by Gasteiger charge is -2.30. The summed E-state index contributed by atoms with van der Waals surface area (Å²) in [5.41, 5.74) is -1.19. The average molecular weight is 282 g/mol. The zero-order chi connectivity index (χ0) is 14.9. The van der Waals surface area contributed by atoms with E-state index >= 15 is 0 Å². The molecule has 1 unspecified atom stereocenters. The van der Waals surface area contributed by atoms with Crippen molar-refractivity contribution < 1.29 is 9.47 Å². The third-order valence-electron chi connectivity index (χ3n) is 4.55. The van der Waals surface area contributed by atoms with Gasteiger partial charge in [0.2, 0.25) is 0 Å². The molecule has 112 valence electrons. The summed E-state index contributed by atoms with van der Waals surface area (Å²) in [6.07, 6.45) is 2.42. The molecule has 1 aliphatic heterocycles. The molecule has 2 heterocycles. The minimum atomic E-state index is -0.515. The molecule has 0 radical (unpaired) electrons. The van der Waals surface area contributed by atoms with E-state index in [0.717, 1.165) is 12.8 Å². The summed E-state index contributed by atoms with van der Waals surface area (Å²) in [6, 6.07) is 1.32. The smallest absolute Gasteiger partial charge is 0.330 e. The van der Waals surface area contributed by atoms with Gasteiger partial charge in [-0.2, -0.15) is 0 Å². The van der Waals surface area contributed by atoms with Gasteiger partial charge in [-0.3, -0.25) is 14.3 Å². The highest BCUT2D eigenvalue weighted by Crippen LogP contribution is 2.46. The van der Waals surface area contributed by atoms with Crippen molar-refractivity contribution in [3.05, 3.63) is 33.1 Å². The minimum Gasteiger partial charge on any atom is -0.376 e. The van der Waals surface area contributed by atoms with Crippen molar-refractivity contribution in [1.82, 2.24) is 9.55 Å². The molecular formula is C14H22N2O4. The number of nitrogens with zero attached hydrogens (tertiary/aromatic N) is 1. The summed E-state index contributed by atoms with van der Waals surface area (Å²) in [7, 11) is 1.62. The van der Waals surface area contributed by atoms with E-state index in [1.807, 2.05) is 0 Å². The Morgan fingerprint density at radius 3 is 2.55 bits per heavy atom. The fourth-order valence-electron chi connectivity index (χ4n) is 3.19. The summed E-state index contributed by atoms with van der Waals surface area (Å²) in [4.78, 5) is 25.4. The van der Waals surface area contributed by atoms with Crippen molar-refractivity contribution in [1.29, 1.82) is 0 Å². The molecule has 20 heavy (non-hydrogen) atoms. The number of aromatic nitrogens is 2. The fraction of sp³-hybridized carbons (Fsp3) is 0.714. The van der Waals surface area contributed by atoms with Crippen molar-refractivity contribution in [3.8, 4) is 0 Å². The van der Waals surface area contributed by atoms with E-state index in [0.29, 0.717) is 0 Å². The van der Waals surface area contributed by atoms with Crippen LogP contribution in [0, 0.1) is 5.92 Å². The molecule has 6 heteroatoms. The van der Waals surface area contributed by atoms with Crippen molar-refractivity contribution in [2.45, 2.75) is 51.5 Å². The zero-order valence-electron chi connectivity index (χ0n) is 12.4. The van der Waals surface area contributed by atoms with Crippen molar-refractivity contribution >= 4 is 0 Å². The Morgan fingerprint density at radius 2 is 2.05 bits per heavy atom. The Hall–Kier alpha value is -1.40. The van der Waals surface area contributed by atoms with E-state index in [9.17, 15) is 9.59 Å². The number of H-pyrrole nitrogens is 1. The molecule has 0 aromatic carbocycles. The molecule has 0 saturated carbocycles. The molecule has 0 aliphatic carbocycles. The van der Waals surface area contributed by atoms with Crippen LogP contribution in [0.2, 0.25) is 0 Å². The van der Waals surface area contributed by atoms with Gasteiger partial charge in [0, 0.05) is 25.3 Å². The lowest BCUT2D eigenvalue weighted by atomic mass is 9.83. The topological polar surface area (TPSA) is 73.3 Å². The monoisotopic (exact) mass is 282 g/mol. The molecule has 0 amide bonds. The molecule has 1 N–H and O–H groups in total. The predicted octanol–water partition coefficient (Wildman–Crippen LogP) is 1.28. The number of nitrogens with one attached hydrogen (secondary N) is 1. The van der Waals surface area contributed by atoms with Crippen LogP contribution in [0.4, 0.5) is 0 Å². The number of aromatic amines is 1. The van der Waals surface area contributed by atoms with E-state index in [4.69, 9.17) is 9.47 Å². The summed E-state index contributed by atoms with van der Waals surface area (Å²) in [5.74, 6) is 0.159. The van der Waals surface area contributed by atoms with Crippen LogP contribution in [0.25, 0.3) is 0 Å². The van der Waals surface area contributed by atoms with E-state index in [-0.39, 0.29) is 17.6 Å². The van der Waals surface area contributed by atoms with Gasteiger partial charge in [-0.05, 0) is 12.8 Å². The van der Waals surface area contributed by atoms with E-state index in [1.165, 1.54) is 16.8 Å². The van der Waals surface area contributed by atoms with E-state index < -0.39 is 17.5 Å². The first kappa shape index (κ1) is 15.0. The quantitative estimate of drug-likeness (QED) is 0.902. The molecule has 1 aliphatic rings. The SMILES string of the molecule is CCC1(CC)O[C@@H](n2ccc(=O)[nH]c2=O)C(OC)[C@H]1C. The van der Waals surface area contributed by atoms with Gasteiger partial charge in [0.25, 0.3) is 5.56 Å². The van der Waals surface area contributed by atoms with E-state index in [2.05, 4.69) is 25.8 Å². The lowest BCUT2D eigenvalue weighted by molar-refractivity contribution is -0.101. The molecule has 0 spiro atoms. The van der Waals surface area contributed by atoms with Crippen LogP contribution in [0.15, 0.2) is 21.9 Å². The van der Waals surface area contributed by atoms with Crippen LogP contribution in [-0.2, 0) is 9.47 Å². The first-order valence-corrected chi connectivity index (χ1v) is 7.01. The van der Waals surface area contributed by atoms with Gasteiger partial charge >= 0.3 is 5.69 Å². The largest absolute Gasteiger partial charge is 0.376 e. The first-order valence-electron chi connectivity index (χ1n) is 7.01. The van der Waals surface area contributed by atoms with Gasteiger partial charge in [-0.25, -0.2) is 4.79 Å². The molecule has 3 atom stereocenters. The molecule has 1 aromatic rings. The Labute approximate surface area is 117 Å². The highest BCUT2D eigenvalue weighted by molar-refractivity contribution is 4.99. The number of ether oxygens (including phenoxy) is 2. The molecule has 0 bridgehead atoms. The van der Waals surface area contributed by atoms with Gasteiger partial charge in [0.15, 0.2) is 6.23 Å². The molecule has 6 nitrogen and oxygen atoms in total. The lowest BCUT2D eigenvalue weighted by Crippen LogP contribution is -2.36. The maximum Gasteiger partial charge on any atom is 0.330 e. The van der Waals surface area contributed by atoms with Gasteiger partial charge in [-0.15, -0.1) is 0 Å². The molecular weight excluding hydrogens is 260 g/mol. The van der Waals surface area contributed by atoms with Gasteiger partial charge in [0.05, 0.1) is 5.60 Å². The third-order valence-corrected chi connectivity index (χ3v) is 4.55. The predicted molar refractivity (Wildman–Crippen MR) is 74.7 cm³/mol. The van der Waals surface area contributed by atoms with Crippen LogP contribution in [0.3, 0.4) is 0 Å². The van der Waals surface area contributed by atoms with E-state index in [1.54, 1.807) is 7.11 Å². The van der Waals surface area contributed by atoms with Gasteiger partial charge in [0.1, 0.15) is 6.10 Å². The molecule has 2 rings (SSSR count). The second-order valence-corrected chi connectivity index (χ2v) is 5.29. The second-order valence-electron chi connectivity index (χ2n) is 5.29. The number of hydrogen-bond acceptors (Lipinski definition) is 4. The molecule has 1 saturated heterocycles. The van der Waals surface area contributed by atoms with Gasteiger partial charge < -0.3 is 9.47 Å². The summed E-state index contributed by atoms with van der Waals surface area (Å²) in [5, 5.41) is 0. The van der Waals surface area contributed by atoms with Crippen LogP contribution in [0.1, 0.15) is 39.8 Å². The maximum atomic E-state index is 12.0. The fourth-order valence-corrected chi connectivity index (χ4v) is 3.19. The van der Waals surface area contributed by atoms with Crippen molar-refractivity contribution in [2.24, 2.45) is 5.92 Å². The Kier molecular flexibility index (Phi) is 4.15. The highest BCUT2D eigenvalue weighted by Gasteiger charge is 2.51. The number of hydrogen-bond donors (Lipinski definition) is 1. The normalized spacial score (nSPS) is 28.7. The molecule has 1 aromatic heterocycles. The summed E-state index contributed by atoms with van der Waals surface area (Å²) < 4.78 is 13.1. The Morgan fingerprint density at radius 1 is 1.40 bits per heavy atom. The average Bonchev–Trinajstić information content (AvgIpc) is 2.71. The van der Waals surface area contributed by atoms with Gasteiger partial charge in [-0.1, -0.05) is 20.8 Å². The van der Waals surface area contributed by atoms with Crippen LogP contribution < -0.4 is 11.2 Å². The third kappa shape index (κ3) is 2.23. The van der Waals surface area contributed by atoms with Crippen LogP contribution in [0.5, 0.6) is 0 Å². The minimum absolute atomic E-state index is 0.159. The van der Waals surface area contributed by atoms with Crippen molar-refractivity contribution in [3.63, 3.8) is 0 Å². The van der Waals surface area contributed by atoms with Crippen molar-refractivity contribution in [2.75, 3.05) is 7.11 Å². The van der Waals surface area contributed by atoms with Crippen LogP contribution in [-0.4, -0.2) is 28.4 Å². The molecule has 1 fully saturated rings. The Balaban J connectivity index is 2.46. The highest BCUT2D eigenvalue weighted by atomic mass is 16.6. The number of methoxy groups -OCH3 is 1. The standard InChI is InChI=1S/C14H22N2O4/c1-5-14(6-2)9(3)11(19-4)12(20-14)16-8-7-10(17)15-13(16)18/h7-9,11-12H,5-6H2,1-4H3,(H,15,17,18)/t9-,11?,12-/m1/s1. The zero-order valence-corrected chi connectivity index (χ0v) is 12.4. The second kappa shape index (κ2) is 5.54. The number of rotatable bonds is 4. The Bertz CT molecular complexity index is 573. The maximum absolute atomic E-state index is 12.0.